The smallest absolute Gasteiger partial charge is 0.348 e. The second-order valence-electron chi connectivity index (χ2n) is 11.0. The summed E-state index contributed by atoms with van der Waals surface area (Å²) in [6.45, 7) is 10.7. The van der Waals surface area contributed by atoms with Crippen molar-refractivity contribution in [2.24, 2.45) is 11.8 Å². The summed E-state index contributed by atoms with van der Waals surface area (Å²) in [5.41, 5.74) is 2.03. The molecule has 0 aliphatic heterocycles. The van der Waals surface area contributed by atoms with Crippen molar-refractivity contribution >= 4 is 13.6 Å². The highest BCUT2D eigenvalue weighted by molar-refractivity contribution is 7.57. The zero-order chi connectivity index (χ0) is 26.0. The first kappa shape index (κ1) is 27.1. The highest BCUT2D eigenvalue weighted by Crippen LogP contribution is 2.77. The number of benzene rings is 2. The van der Waals surface area contributed by atoms with Crippen molar-refractivity contribution in [2.45, 2.75) is 82.9 Å². The number of carbonyl (C=O) groups excluding carboxylic acids is 1. The summed E-state index contributed by atoms with van der Waals surface area (Å²) in [7, 11) is -3.76. The van der Waals surface area contributed by atoms with Crippen LogP contribution in [0.5, 0.6) is 0 Å². The molecule has 0 aromatic heterocycles. The molecule has 0 spiro atoms. The van der Waals surface area contributed by atoms with Crippen LogP contribution in [0.15, 0.2) is 60.7 Å². The Balaban J connectivity index is 1.67. The Morgan fingerprint density at radius 3 is 2.14 bits per heavy atom. The van der Waals surface area contributed by atoms with E-state index >= 15 is 0 Å². The van der Waals surface area contributed by atoms with Gasteiger partial charge >= 0.3 is 13.6 Å². The molecule has 0 heterocycles. The molecule has 0 saturated heterocycles. The zero-order valence-corrected chi connectivity index (χ0v) is 23.2. The van der Waals surface area contributed by atoms with Crippen LogP contribution in [0.2, 0.25) is 0 Å². The van der Waals surface area contributed by atoms with Crippen LogP contribution < -0.4 is 0 Å². The van der Waals surface area contributed by atoms with E-state index in [2.05, 4.69) is 45.0 Å². The van der Waals surface area contributed by atoms with Crippen LogP contribution in [0.1, 0.15) is 77.3 Å². The highest BCUT2D eigenvalue weighted by atomic mass is 31.2. The minimum absolute atomic E-state index is 0.157. The highest BCUT2D eigenvalue weighted by Gasteiger charge is 2.75. The van der Waals surface area contributed by atoms with Crippen molar-refractivity contribution in [2.75, 3.05) is 13.2 Å². The summed E-state index contributed by atoms with van der Waals surface area (Å²) >= 11 is 0. The first-order valence-corrected chi connectivity index (χ1v) is 14.9. The lowest BCUT2D eigenvalue weighted by Gasteiger charge is -2.44. The van der Waals surface area contributed by atoms with Gasteiger partial charge in [0.15, 0.2) is 5.16 Å². The van der Waals surface area contributed by atoms with Crippen LogP contribution in [-0.2, 0) is 28.6 Å². The van der Waals surface area contributed by atoms with Gasteiger partial charge in [-0.3, -0.25) is 9.36 Å². The third-order valence-corrected chi connectivity index (χ3v) is 11.2. The van der Waals surface area contributed by atoms with Crippen LogP contribution in [-0.4, -0.2) is 30.4 Å². The number of rotatable bonds is 10. The molecule has 2 aromatic rings. The topological polar surface area (TPSA) is 61.8 Å². The minimum atomic E-state index is -3.76. The van der Waals surface area contributed by atoms with Gasteiger partial charge in [0.05, 0.1) is 13.2 Å². The van der Waals surface area contributed by atoms with Gasteiger partial charge in [-0.05, 0) is 55.6 Å². The summed E-state index contributed by atoms with van der Waals surface area (Å²) in [6, 6.07) is 20.2. The number of esters is 1. The predicted molar refractivity (Wildman–Crippen MR) is 143 cm³/mol. The fourth-order valence-corrected chi connectivity index (χ4v) is 8.61. The van der Waals surface area contributed by atoms with Crippen LogP contribution >= 0.6 is 7.60 Å². The van der Waals surface area contributed by atoms with Gasteiger partial charge in [0, 0.05) is 11.8 Å². The summed E-state index contributed by atoms with van der Waals surface area (Å²) in [6.07, 6.45) is 3.02. The quantitative estimate of drug-likeness (QED) is 0.244. The van der Waals surface area contributed by atoms with E-state index in [0.29, 0.717) is 12.3 Å². The molecular weight excluding hydrogens is 471 g/mol. The van der Waals surface area contributed by atoms with Crippen LogP contribution in [0.25, 0.3) is 0 Å². The molecule has 2 fully saturated rings. The summed E-state index contributed by atoms with van der Waals surface area (Å²) < 4.78 is 32.2. The van der Waals surface area contributed by atoms with Gasteiger partial charge in [-0.25, -0.2) is 0 Å². The Morgan fingerprint density at radius 1 is 0.972 bits per heavy atom. The molecule has 2 saturated carbocycles. The summed E-state index contributed by atoms with van der Waals surface area (Å²) in [4.78, 5) is 14.1. The second kappa shape index (κ2) is 10.8. The van der Waals surface area contributed by atoms with Crippen LogP contribution in [0.4, 0.5) is 0 Å². The normalized spacial score (nSPS) is 28.5. The maximum absolute atomic E-state index is 14.2. The fourth-order valence-electron chi connectivity index (χ4n) is 6.18. The molecule has 36 heavy (non-hydrogen) atoms. The molecular formula is C30H41O5P. The standard InChI is InChI=1S/C30H41O5P/c1-6-33-36(32,34-7-2)30(21-26(30)23-14-10-8-11-15-23)28(31)35-27-20-22(3)18-19-25(27)29(4,5)24-16-12-9-13-17-24/h8-17,22,25-27H,6-7,18-21H2,1-5H3/t22-,25-,26-,27-,30-/m1/s1. The van der Waals surface area contributed by atoms with Crippen molar-refractivity contribution in [1.82, 2.24) is 0 Å². The van der Waals surface area contributed by atoms with Crippen LogP contribution in [0.3, 0.4) is 0 Å². The van der Waals surface area contributed by atoms with E-state index in [-0.39, 0.29) is 36.6 Å². The largest absolute Gasteiger partial charge is 0.461 e. The number of ether oxygens (including phenoxy) is 1. The van der Waals surface area contributed by atoms with Crippen LogP contribution in [0, 0.1) is 11.8 Å². The molecule has 5 atom stereocenters. The molecule has 2 aromatic carbocycles. The molecule has 196 valence electrons. The Kier molecular flexibility index (Phi) is 8.14. The van der Waals surface area contributed by atoms with Crippen molar-refractivity contribution in [3.63, 3.8) is 0 Å². The Morgan fingerprint density at radius 2 is 1.56 bits per heavy atom. The molecule has 0 radical (unpaired) electrons. The molecule has 0 unspecified atom stereocenters. The van der Waals surface area contributed by atoms with E-state index in [1.54, 1.807) is 13.8 Å². The lowest BCUT2D eigenvalue weighted by Crippen LogP contribution is -2.45. The Hall–Kier alpha value is -1.94. The summed E-state index contributed by atoms with van der Waals surface area (Å²) in [5.74, 6) is -0.0767. The summed E-state index contributed by atoms with van der Waals surface area (Å²) in [5, 5.41) is -1.30. The SMILES string of the molecule is CCOP(=O)(OCC)[C@]1(C(=O)O[C@@H]2C[C@H](C)CC[C@H]2C(C)(C)c2ccccc2)C[C@@H]1c1ccccc1. The second-order valence-corrected chi connectivity index (χ2v) is 13.3. The number of hydrogen-bond acceptors (Lipinski definition) is 5. The van der Waals surface area contributed by atoms with E-state index in [1.807, 2.05) is 36.4 Å². The lowest BCUT2D eigenvalue weighted by molar-refractivity contribution is -0.157. The molecule has 0 amide bonds. The van der Waals surface area contributed by atoms with Crippen molar-refractivity contribution in [1.29, 1.82) is 0 Å². The minimum Gasteiger partial charge on any atom is -0.461 e. The molecule has 2 aliphatic rings. The van der Waals surface area contributed by atoms with Gasteiger partial charge in [0.25, 0.3) is 0 Å². The first-order chi connectivity index (χ1) is 17.2. The van der Waals surface area contributed by atoms with Crippen molar-refractivity contribution in [3.05, 3.63) is 71.8 Å². The zero-order valence-electron chi connectivity index (χ0n) is 22.3. The fraction of sp³-hybridized carbons (Fsp3) is 0.567. The van der Waals surface area contributed by atoms with Gasteiger partial charge in [-0.1, -0.05) is 87.9 Å². The third-order valence-electron chi connectivity index (χ3n) is 8.33. The number of hydrogen-bond donors (Lipinski definition) is 0. The molecule has 0 bridgehead atoms. The van der Waals surface area contributed by atoms with Gasteiger partial charge < -0.3 is 13.8 Å². The van der Waals surface area contributed by atoms with Gasteiger partial charge in [-0.2, -0.15) is 0 Å². The van der Waals surface area contributed by atoms with E-state index in [1.165, 1.54) is 5.56 Å². The third kappa shape index (κ3) is 4.95. The first-order valence-electron chi connectivity index (χ1n) is 13.4. The van der Waals surface area contributed by atoms with E-state index in [0.717, 1.165) is 24.8 Å². The average molecular weight is 513 g/mol. The molecule has 6 heteroatoms. The molecule has 5 nitrogen and oxygen atoms in total. The predicted octanol–water partition coefficient (Wildman–Crippen LogP) is 7.50. The number of carbonyl (C=O) groups is 1. The molecule has 0 N–H and O–H groups in total. The maximum atomic E-state index is 14.2. The average Bonchev–Trinajstić information content (AvgIpc) is 3.63. The Bertz CT molecular complexity index is 1060. The monoisotopic (exact) mass is 512 g/mol. The van der Waals surface area contributed by atoms with E-state index in [9.17, 15) is 9.36 Å². The van der Waals surface area contributed by atoms with Gasteiger partial charge in [0.1, 0.15) is 6.10 Å². The lowest BCUT2D eigenvalue weighted by atomic mass is 9.64. The maximum Gasteiger partial charge on any atom is 0.348 e. The van der Waals surface area contributed by atoms with Crippen molar-refractivity contribution in [3.8, 4) is 0 Å². The van der Waals surface area contributed by atoms with Gasteiger partial charge in [-0.15, -0.1) is 0 Å². The Labute approximate surface area is 216 Å². The molecule has 4 rings (SSSR count). The van der Waals surface area contributed by atoms with E-state index in [4.69, 9.17) is 13.8 Å². The van der Waals surface area contributed by atoms with Gasteiger partial charge in [0.2, 0.25) is 0 Å². The van der Waals surface area contributed by atoms with Crippen molar-refractivity contribution < 1.29 is 23.1 Å². The molecule has 2 aliphatic carbocycles. The van der Waals surface area contributed by atoms with E-state index < -0.39 is 18.7 Å².